The first-order chi connectivity index (χ1) is 3.79. The number of aryl methyl sites for hydroxylation is 2. The average Bonchev–Trinajstić information content (AvgIpc) is 1.77. The Labute approximate surface area is 100 Å². The van der Waals surface area contributed by atoms with E-state index in [0.717, 1.165) is 11.4 Å². The molecule has 0 saturated heterocycles. The number of hydrogen-bond donors (Lipinski definition) is 0. The summed E-state index contributed by atoms with van der Waals surface area (Å²) < 4.78 is 0. The third-order valence-electron chi connectivity index (χ3n) is 0.771. The molecule has 0 aliphatic rings. The minimum atomic E-state index is 0. The number of rotatable bonds is 0. The smallest absolute Gasteiger partial charge is 0 e. The zero-order valence-electron chi connectivity index (χ0n) is 5.88. The van der Waals surface area contributed by atoms with Crippen molar-refractivity contribution in [2.45, 2.75) is 13.8 Å². The summed E-state index contributed by atoms with van der Waals surface area (Å²) in [6.45, 7) is 3.67. The molecule has 51 valence electrons. The maximum absolute atomic E-state index is 3.81. The molecule has 1 heterocycles. The number of aromatic nitrogens is 2. The van der Waals surface area contributed by atoms with Gasteiger partial charge in [-0.05, 0) is 0 Å². The molecule has 4 heteroatoms. The summed E-state index contributed by atoms with van der Waals surface area (Å²) >= 11 is 0. The van der Waals surface area contributed by atoms with Crippen LogP contribution in [-0.4, -0.2) is 9.97 Å². The van der Waals surface area contributed by atoms with E-state index in [-0.39, 0.29) is 53.8 Å². The van der Waals surface area contributed by atoms with Crippen molar-refractivity contribution in [3.05, 3.63) is 23.8 Å². The van der Waals surface area contributed by atoms with Crippen LogP contribution >= 0.6 is 0 Å². The minimum absolute atomic E-state index is 0. The molecule has 0 saturated carbocycles. The molecule has 1 aromatic rings. The van der Waals surface area contributed by atoms with E-state index in [4.69, 9.17) is 0 Å². The van der Waals surface area contributed by atoms with E-state index in [9.17, 15) is 0 Å². The minimum Gasteiger partial charge on any atom is -0.509 e. The molecule has 1 rings (SSSR count). The van der Waals surface area contributed by atoms with Gasteiger partial charge >= 0.3 is 0 Å². The Hall–Kier alpha value is 0.872. The first-order valence-electron chi connectivity index (χ1n) is 2.39. The Balaban J connectivity index is 0. The fraction of sp³-hybridized carbons (Fsp3) is 0.333. The second-order valence-electron chi connectivity index (χ2n) is 1.62. The maximum Gasteiger partial charge on any atom is 0 e. The van der Waals surface area contributed by atoms with Gasteiger partial charge in [-0.15, -0.1) is 5.82 Å². The normalized spacial score (nSPS) is 7.40. The molecule has 10 heavy (non-hydrogen) atoms. The van der Waals surface area contributed by atoms with Crippen LogP contribution in [0.25, 0.3) is 0 Å². The van der Waals surface area contributed by atoms with Crippen molar-refractivity contribution in [3.63, 3.8) is 0 Å². The molecule has 0 bridgehead atoms. The van der Waals surface area contributed by atoms with Gasteiger partial charge in [0.05, 0.1) is 0 Å². The van der Waals surface area contributed by atoms with Crippen molar-refractivity contribution < 1.29 is 53.8 Å². The molecule has 1 radical (unpaired) electrons. The van der Waals surface area contributed by atoms with Crippen molar-refractivity contribution in [2.75, 3.05) is 0 Å². The van der Waals surface area contributed by atoms with E-state index in [2.05, 4.69) is 22.4 Å². The Morgan fingerprint density at radius 1 is 1.10 bits per heavy atom. The van der Waals surface area contributed by atoms with E-state index in [0.29, 0.717) is 0 Å². The molecule has 2 nitrogen and oxygen atoms in total. The molecular formula is C6H6N2WY-2. The average molecular weight is 379 g/mol. The van der Waals surface area contributed by atoms with E-state index >= 15 is 0 Å². The van der Waals surface area contributed by atoms with Gasteiger partial charge in [-0.1, -0.05) is 13.8 Å². The standard InChI is InChI=1S/C6H6N2.W.Y/c1-5-3-7-6(2)8-4-5;;/h1-2H3;;/q-2;;. The predicted octanol–water partition coefficient (Wildman–Crippen LogP) is 0.689. The monoisotopic (exact) mass is 379 g/mol. The Morgan fingerprint density at radius 2 is 1.50 bits per heavy atom. The molecule has 1 aromatic heterocycles. The van der Waals surface area contributed by atoms with Crippen LogP contribution in [0.5, 0.6) is 0 Å². The second kappa shape index (κ2) is 6.57. The summed E-state index contributed by atoms with van der Waals surface area (Å²) in [7, 11) is 0. The van der Waals surface area contributed by atoms with Gasteiger partial charge in [0.15, 0.2) is 0 Å². The van der Waals surface area contributed by atoms with E-state index in [1.807, 2.05) is 13.8 Å². The SMILES string of the molecule is Cc1[c-]nc(C)n[c-]1.[W].[Y]. The van der Waals surface area contributed by atoms with Gasteiger partial charge in [0, 0.05) is 53.8 Å². The molecule has 0 unspecified atom stereocenters. The van der Waals surface area contributed by atoms with Gasteiger partial charge in [-0.25, -0.2) is 0 Å². The number of hydrogen-bond acceptors (Lipinski definition) is 2. The van der Waals surface area contributed by atoms with E-state index < -0.39 is 0 Å². The zero-order valence-corrected chi connectivity index (χ0v) is 11.7. The van der Waals surface area contributed by atoms with Gasteiger partial charge in [-0.2, -0.15) is 0 Å². The molecule has 0 aliphatic heterocycles. The van der Waals surface area contributed by atoms with Crippen LogP contribution in [0, 0.1) is 26.2 Å². The van der Waals surface area contributed by atoms with Crippen molar-refractivity contribution in [1.29, 1.82) is 0 Å². The van der Waals surface area contributed by atoms with Crippen LogP contribution in [0.4, 0.5) is 0 Å². The molecule has 0 aliphatic carbocycles. The quantitative estimate of drug-likeness (QED) is 0.621. The van der Waals surface area contributed by atoms with Crippen molar-refractivity contribution in [2.24, 2.45) is 0 Å². The molecule has 0 aromatic carbocycles. The summed E-state index contributed by atoms with van der Waals surface area (Å²) in [5.41, 5.74) is 0.857. The van der Waals surface area contributed by atoms with Crippen molar-refractivity contribution in [3.8, 4) is 0 Å². The van der Waals surface area contributed by atoms with E-state index in [1.165, 1.54) is 0 Å². The van der Waals surface area contributed by atoms with Gasteiger partial charge < -0.3 is 9.97 Å². The topological polar surface area (TPSA) is 25.8 Å². The van der Waals surface area contributed by atoms with Gasteiger partial charge in [0.2, 0.25) is 0 Å². The first-order valence-corrected chi connectivity index (χ1v) is 2.39. The summed E-state index contributed by atoms with van der Waals surface area (Å²) in [5.74, 6) is 0.718. The molecular weight excluding hydrogens is 373 g/mol. The summed E-state index contributed by atoms with van der Waals surface area (Å²) in [5, 5.41) is 0. The Kier molecular flexibility index (Phi) is 8.85. The van der Waals surface area contributed by atoms with Gasteiger partial charge in [0.1, 0.15) is 0 Å². The molecule has 0 spiro atoms. The molecule has 0 fully saturated rings. The first kappa shape index (κ1) is 13.5. The number of nitrogens with zero attached hydrogens (tertiary/aromatic N) is 2. The zero-order chi connectivity index (χ0) is 5.98. The van der Waals surface area contributed by atoms with Gasteiger partial charge in [0.25, 0.3) is 0 Å². The summed E-state index contributed by atoms with van der Waals surface area (Å²) in [6.07, 6.45) is 5.46. The third-order valence-corrected chi connectivity index (χ3v) is 0.771. The predicted molar refractivity (Wildman–Crippen MR) is 29.2 cm³/mol. The molecule has 0 amide bonds. The van der Waals surface area contributed by atoms with Crippen LogP contribution in [0.3, 0.4) is 0 Å². The summed E-state index contributed by atoms with van der Waals surface area (Å²) in [6, 6.07) is 0. The van der Waals surface area contributed by atoms with Crippen LogP contribution < -0.4 is 0 Å². The Morgan fingerprint density at radius 3 is 1.80 bits per heavy atom. The fourth-order valence-corrected chi connectivity index (χ4v) is 0.380. The van der Waals surface area contributed by atoms with Crippen LogP contribution in [0.15, 0.2) is 0 Å². The van der Waals surface area contributed by atoms with Crippen LogP contribution in [0.2, 0.25) is 0 Å². The van der Waals surface area contributed by atoms with Crippen LogP contribution in [0.1, 0.15) is 11.4 Å². The largest absolute Gasteiger partial charge is 0.509 e. The second-order valence-corrected chi connectivity index (χ2v) is 1.62. The third kappa shape index (κ3) is 4.65. The van der Waals surface area contributed by atoms with Gasteiger partial charge in [-0.3, -0.25) is 18.0 Å². The Bertz CT molecular complexity index is 155. The van der Waals surface area contributed by atoms with E-state index in [1.54, 1.807) is 0 Å². The molecule has 0 atom stereocenters. The summed E-state index contributed by atoms with van der Waals surface area (Å²) in [4.78, 5) is 7.62. The van der Waals surface area contributed by atoms with Crippen LogP contribution in [-0.2, 0) is 53.8 Å². The maximum atomic E-state index is 3.81. The van der Waals surface area contributed by atoms with Crippen molar-refractivity contribution in [1.82, 2.24) is 9.97 Å². The van der Waals surface area contributed by atoms with Crippen molar-refractivity contribution >= 4 is 0 Å². The fourth-order valence-electron chi connectivity index (χ4n) is 0.380. The molecule has 0 N–H and O–H groups in total.